The standard InChI is InChI=1S/C30H27N3O2S/c1-22-15-17-27(18-16-22)36(35)32-21-23(2)28(29(32)24-10-9-19-31-20-24)30(34)33(25-11-5-3-6-12-25)26-13-7-4-8-14-26/h3-20,28-29H,2,21H2,1H3/t28-,29+,36+/m1/s1. The zero-order chi connectivity index (χ0) is 25.1. The Morgan fingerprint density at radius 3 is 2.08 bits per heavy atom. The SMILES string of the molecule is C=C1CN([S@@](=O)c2ccc(C)cc2)[C@@H](c2cccnc2)[C@@H]1C(=O)N(c1ccccc1)c1ccccc1. The van der Waals surface area contributed by atoms with Crippen molar-refractivity contribution in [2.24, 2.45) is 5.92 Å². The quantitative estimate of drug-likeness (QED) is 0.309. The van der Waals surface area contributed by atoms with Crippen LogP contribution in [0.3, 0.4) is 0 Å². The fourth-order valence-corrected chi connectivity index (χ4v) is 6.03. The average molecular weight is 494 g/mol. The summed E-state index contributed by atoms with van der Waals surface area (Å²) in [4.78, 5) is 21.1. The molecule has 1 aliphatic heterocycles. The Morgan fingerprint density at radius 2 is 1.53 bits per heavy atom. The van der Waals surface area contributed by atoms with Gasteiger partial charge in [-0.15, -0.1) is 0 Å². The summed E-state index contributed by atoms with van der Waals surface area (Å²) < 4.78 is 15.7. The monoisotopic (exact) mass is 493 g/mol. The number of hydrogen-bond acceptors (Lipinski definition) is 3. The molecule has 1 aliphatic rings. The van der Waals surface area contributed by atoms with E-state index >= 15 is 0 Å². The summed E-state index contributed by atoms with van der Waals surface area (Å²) in [7, 11) is -1.48. The summed E-state index contributed by atoms with van der Waals surface area (Å²) in [6.45, 7) is 6.64. The summed E-state index contributed by atoms with van der Waals surface area (Å²) in [6, 6.07) is 30.2. The van der Waals surface area contributed by atoms with Gasteiger partial charge in [-0.3, -0.25) is 14.7 Å². The molecule has 0 bridgehead atoms. The molecule has 180 valence electrons. The minimum absolute atomic E-state index is 0.116. The van der Waals surface area contributed by atoms with Crippen LogP contribution < -0.4 is 4.90 Å². The van der Waals surface area contributed by atoms with Crippen molar-refractivity contribution in [2.75, 3.05) is 11.4 Å². The van der Waals surface area contributed by atoms with Crippen molar-refractivity contribution >= 4 is 28.3 Å². The van der Waals surface area contributed by atoms with E-state index in [1.807, 2.05) is 108 Å². The lowest BCUT2D eigenvalue weighted by atomic mass is 9.90. The first-order valence-electron chi connectivity index (χ1n) is 11.8. The summed E-state index contributed by atoms with van der Waals surface area (Å²) in [5.74, 6) is -0.723. The van der Waals surface area contributed by atoms with Crippen molar-refractivity contribution in [1.82, 2.24) is 9.29 Å². The van der Waals surface area contributed by atoms with Gasteiger partial charge in [0.15, 0.2) is 0 Å². The van der Waals surface area contributed by atoms with Gasteiger partial charge in [0, 0.05) is 30.3 Å². The zero-order valence-electron chi connectivity index (χ0n) is 20.0. The number of hydrogen-bond donors (Lipinski definition) is 0. The van der Waals surface area contributed by atoms with Crippen LogP contribution in [-0.4, -0.2) is 26.0 Å². The lowest BCUT2D eigenvalue weighted by Gasteiger charge is -2.31. The Hall–Kier alpha value is -3.87. The summed E-state index contributed by atoms with van der Waals surface area (Å²) >= 11 is 0. The lowest BCUT2D eigenvalue weighted by Crippen LogP contribution is -2.37. The van der Waals surface area contributed by atoms with Crippen LogP contribution in [0.15, 0.2) is 127 Å². The molecule has 0 aliphatic carbocycles. The molecule has 0 saturated carbocycles. The van der Waals surface area contributed by atoms with E-state index in [1.54, 1.807) is 17.3 Å². The van der Waals surface area contributed by atoms with Gasteiger partial charge in [-0.05, 0) is 60.5 Å². The van der Waals surface area contributed by atoms with E-state index in [4.69, 9.17) is 0 Å². The number of aryl methyl sites for hydroxylation is 1. The number of pyridine rings is 1. The van der Waals surface area contributed by atoms with Gasteiger partial charge in [-0.2, -0.15) is 0 Å². The van der Waals surface area contributed by atoms with E-state index in [0.29, 0.717) is 11.4 Å². The topological polar surface area (TPSA) is 53.5 Å². The summed E-state index contributed by atoms with van der Waals surface area (Å²) in [6.07, 6.45) is 3.45. The fourth-order valence-electron chi connectivity index (χ4n) is 4.65. The molecule has 1 amide bonds. The smallest absolute Gasteiger partial charge is 0.240 e. The maximum absolute atomic E-state index is 14.4. The third-order valence-electron chi connectivity index (χ3n) is 6.40. The van der Waals surface area contributed by atoms with Crippen LogP contribution in [0.5, 0.6) is 0 Å². The van der Waals surface area contributed by atoms with Crippen LogP contribution in [-0.2, 0) is 15.8 Å². The number of nitrogens with zero attached hydrogens (tertiary/aromatic N) is 3. The summed E-state index contributed by atoms with van der Waals surface area (Å²) in [5.41, 5.74) is 4.19. The third kappa shape index (κ3) is 4.65. The second-order valence-electron chi connectivity index (χ2n) is 8.85. The van der Waals surface area contributed by atoms with Crippen molar-refractivity contribution in [3.05, 3.63) is 133 Å². The maximum atomic E-state index is 14.4. The number of para-hydroxylation sites is 2. The Labute approximate surface area is 214 Å². The zero-order valence-corrected chi connectivity index (χ0v) is 20.8. The van der Waals surface area contributed by atoms with Gasteiger partial charge in [0.05, 0.1) is 16.9 Å². The van der Waals surface area contributed by atoms with Crippen molar-refractivity contribution in [1.29, 1.82) is 0 Å². The molecule has 1 saturated heterocycles. The summed E-state index contributed by atoms with van der Waals surface area (Å²) in [5, 5.41) is 0. The van der Waals surface area contributed by atoms with Gasteiger partial charge >= 0.3 is 0 Å². The average Bonchev–Trinajstić information content (AvgIpc) is 3.27. The van der Waals surface area contributed by atoms with Gasteiger partial charge in [0.2, 0.25) is 5.91 Å². The highest BCUT2D eigenvalue weighted by Gasteiger charge is 2.47. The van der Waals surface area contributed by atoms with Crippen molar-refractivity contribution in [2.45, 2.75) is 17.9 Å². The van der Waals surface area contributed by atoms with Crippen LogP contribution >= 0.6 is 0 Å². The fraction of sp³-hybridized carbons (Fsp3) is 0.133. The van der Waals surface area contributed by atoms with Gasteiger partial charge in [0.1, 0.15) is 11.0 Å². The van der Waals surface area contributed by atoms with Crippen LogP contribution in [0.25, 0.3) is 0 Å². The third-order valence-corrected chi connectivity index (χ3v) is 7.86. The minimum Gasteiger partial charge on any atom is -0.280 e. The lowest BCUT2D eigenvalue weighted by molar-refractivity contribution is -0.121. The highest BCUT2D eigenvalue weighted by atomic mass is 32.2. The number of carbonyl (C=O) groups is 1. The molecule has 5 nitrogen and oxygen atoms in total. The Kier molecular flexibility index (Phi) is 6.89. The first-order chi connectivity index (χ1) is 17.5. The predicted molar refractivity (Wildman–Crippen MR) is 144 cm³/mol. The number of amides is 1. The second kappa shape index (κ2) is 10.4. The predicted octanol–water partition coefficient (Wildman–Crippen LogP) is 6.01. The van der Waals surface area contributed by atoms with Gasteiger partial charge in [0.25, 0.3) is 0 Å². The highest BCUT2D eigenvalue weighted by Crippen LogP contribution is 2.44. The van der Waals surface area contributed by atoms with E-state index in [9.17, 15) is 9.00 Å². The first kappa shape index (κ1) is 23.9. The molecule has 1 fully saturated rings. The van der Waals surface area contributed by atoms with E-state index in [2.05, 4.69) is 11.6 Å². The normalized spacial score (nSPS) is 18.6. The molecule has 36 heavy (non-hydrogen) atoms. The molecule has 0 radical (unpaired) electrons. The molecular formula is C30H27N3O2S. The van der Waals surface area contributed by atoms with E-state index in [1.165, 1.54) is 0 Å². The molecule has 0 unspecified atom stereocenters. The Bertz CT molecular complexity index is 1340. The van der Waals surface area contributed by atoms with Crippen LogP contribution in [0, 0.1) is 12.8 Å². The van der Waals surface area contributed by atoms with E-state index in [0.717, 1.165) is 28.1 Å². The maximum Gasteiger partial charge on any atom is 0.240 e. The minimum atomic E-state index is -1.48. The molecule has 6 heteroatoms. The highest BCUT2D eigenvalue weighted by molar-refractivity contribution is 7.82. The molecule has 3 aromatic carbocycles. The number of aromatic nitrogens is 1. The van der Waals surface area contributed by atoms with Gasteiger partial charge in [-0.25, -0.2) is 8.51 Å². The van der Waals surface area contributed by atoms with Crippen LogP contribution in [0.4, 0.5) is 11.4 Å². The largest absolute Gasteiger partial charge is 0.280 e. The van der Waals surface area contributed by atoms with Crippen LogP contribution in [0.1, 0.15) is 17.2 Å². The Balaban J connectivity index is 1.59. The molecule has 4 aromatic rings. The molecule has 0 N–H and O–H groups in total. The number of rotatable bonds is 6. The number of carbonyl (C=O) groups excluding carboxylic acids is 1. The molecular weight excluding hydrogens is 466 g/mol. The second-order valence-corrected chi connectivity index (χ2v) is 10.3. The van der Waals surface area contributed by atoms with Gasteiger partial charge < -0.3 is 0 Å². The molecule has 1 aromatic heterocycles. The van der Waals surface area contributed by atoms with Gasteiger partial charge in [-0.1, -0.05) is 66.7 Å². The molecule has 0 spiro atoms. The van der Waals surface area contributed by atoms with Crippen LogP contribution in [0.2, 0.25) is 0 Å². The van der Waals surface area contributed by atoms with E-state index in [-0.39, 0.29) is 5.91 Å². The molecule has 3 atom stereocenters. The first-order valence-corrected chi connectivity index (χ1v) is 12.9. The van der Waals surface area contributed by atoms with Crippen molar-refractivity contribution in [3.63, 3.8) is 0 Å². The molecule has 5 rings (SSSR count). The Morgan fingerprint density at radius 1 is 0.917 bits per heavy atom. The number of anilines is 2. The number of benzene rings is 3. The van der Waals surface area contributed by atoms with E-state index < -0.39 is 22.9 Å². The van der Waals surface area contributed by atoms with Crippen molar-refractivity contribution < 1.29 is 9.00 Å². The molecule has 2 heterocycles. The van der Waals surface area contributed by atoms with Crippen molar-refractivity contribution in [3.8, 4) is 0 Å².